The van der Waals surface area contributed by atoms with Crippen LogP contribution in [-0.2, 0) is 7.05 Å². The lowest BCUT2D eigenvalue weighted by atomic mass is 9.92. The predicted molar refractivity (Wildman–Crippen MR) is 175 cm³/mol. The summed E-state index contributed by atoms with van der Waals surface area (Å²) in [6.45, 7) is 3.16. The van der Waals surface area contributed by atoms with Crippen LogP contribution in [0.15, 0.2) is 48.7 Å². The van der Waals surface area contributed by atoms with Gasteiger partial charge in [0.15, 0.2) is 0 Å². The number of alkyl halides is 1. The molecule has 46 heavy (non-hydrogen) atoms. The topological polar surface area (TPSA) is 79.5 Å². The molecule has 0 unspecified atom stereocenters. The van der Waals surface area contributed by atoms with E-state index >= 15 is 4.39 Å². The monoisotopic (exact) mass is 620 g/mol. The lowest BCUT2D eigenvalue weighted by Crippen LogP contribution is -2.43. The average Bonchev–Trinajstić information content (AvgIpc) is 3.61. The number of aromatic nitrogens is 4. The summed E-state index contributed by atoms with van der Waals surface area (Å²) in [5.41, 5.74) is 2.24. The third-order valence-electron chi connectivity index (χ3n) is 9.85. The molecule has 3 aliphatic rings. The van der Waals surface area contributed by atoms with Gasteiger partial charge in [0.05, 0.1) is 22.0 Å². The Kier molecular flexibility index (Phi) is 6.83. The zero-order valence-electron chi connectivity index (χ0n) is 25.6. The van der Waals surface area contributed by atoms with Gasteiger partial charge in [-0.25, -0.2) is 8.78 Å². The normalized spacial score (nSPS) is 21.7. The highest BCUT2D eigenvalue weighted by molar-refractivity contribution is 6.17. The Labute approximate surface area is 265 Å². The van der Waals surface area contributed by atoms with E-state index in [4.69, 9.17) is 26.2 Å². The van der Waals surface area contributed by atoms with E-state index in [9.17, 15) is 9.50 Å². The van der Waals surface area contributed by atoms with Crippen LogP contribution >= 0.6 is 0 Å². The zero-order valence-corrected chi connectivity index (χ0v) is 25.6. The third-order valence-corrected chi connectivity index (χ3v) is 9.85. The first-order valence-electron chi connectivity index (χ1n) is 15.9. The van der Waals surface area contributed by atoms with E-state index in [-0.39, 0.29) is 22.9 Å². The Hall–Kier alpha value is -4.75. The minimum absolute atomic E-state index is 0.0221. The van der Waals surface area contributed by atoms with Crippen molar-refractivity contribution in [1.82, 2.24) is 24.6 Å². The third kappa shape index (κ3) is 4.64. The van der Waals surface area contributed by atoms with Crippen LogP contribution in [0.1, 0.15) is 37.7 Å². The Morgan fingerprint density at radius 1 is 1.09 bits per heavy atom. The van der Waals surface area contributed by atoms with Crippen LogP contribution in [0.2, 0.25) is 0 Å². The minimum Gasteiger partial charge on any atom is -0.508 e. The van der Waals surface area contributed by atoms with E-state index in [1.54, 1.807) is 22.9 Å². The molecule has 0 radical (unpaired) electrons. The van der Waals surface area contributed by atoms with Crippen molar-refractivity contribution in [3.63, 3.8) is 0 Å². The SMILES string of the molecule is C#Cc1c(F)ccc2cc(O)cc(-c3cc4nc(OC[C@@]56CCCN5C[C@H](F)C6)nc(N5CCC=CCC5)c4c4cn(C)nc34)c12. The summed E-state index contributed by atoms with van der Waals surface area (Å²) in [6, 6.07) is 8.24. The van der Waals surface area contributed by atoms with Crippen molar-refractivity contribution in [3.8, 4) is 35.2 Å². The summed E-state index contributed by atoms with van der Waals surface area (Å²) in [5.74, 6) is 2.77. The Bertz CT molecular complexity index is 2090. The lowest BCUT2D eigenvalue weighted by Gasteiger charge is -2.31. The summed E-state index contributed by atoms with van der Waals surface area (Å²) in [7, 11) is 1.85. The number of phenols is 1. The molecule has 2 aromatic heterocycles. The van der Waals surface area contributed by atoms with E-state index in [0.717, 1.165) is 61.9 Å². The standard InChI is InChI=1S/C36H34F2N6O2/c1-3-25-29(38)10-9-22-15-24(45)16-26(31(22)25)27-17-30-32(28-20-42(2)41-33(27)28)34(43-12-6-4-5-7-13-43)40-35(39-30)46-21-36-11-8-14-44(36)19-23(37)18-36/h1,4-5,9-10,15-17,20,23,45H,6-8,11-14,18-19,21H2,2H3/t23-,36+/m1/s1. The molecule has 10 heteroatoms. The van der Waals surface area contributed by atoms with E-state index in [1.807, 2.05) is 19.3 Å². The summed E-state index contributed by atoms with van der Waals surface area (Å²) in [4.78, 5) is 14.4. The molecule has 3 aromatic carbocycles. The van der Waals surface area contributed by atoms with Gasteiger partial charge in [-0.3, -0.25) is 9.58 Å². The van der Waals surface area contributed by atoms with Gasteiger partial charge in [0.2, 0.25) is 0 Å². The zero-order chi connectivity index (χ0) is 31.6. The maximum Gasteiger partial charge on any atom is 0.319 e. The number of hydrogen-bond donors (Lipinski definition) is 1. The number of fused-ring (bicyclic) bond motifs is 5. The fourth-order valence-corrected chi connectivity index (χ4v) is 7.83. The number of terminal acetylenes is 1. The van der Waals surface area contributed by atoms with E-state index < -0.39 is 12.0 Å². The number of hydrogen-bond acceptors (Lipinski definition) is 7. The van der Waals surface area contributed by atoms with Crippen molar-refractivity contribution < 1.29 is 18.6 Å². The van der Waals surface area contributed by atoms with E-state index in [2.05, 4.69) is 27.9 Å². The largest absolute Gasteiger partial charge is 0.508 e. The number of benzene rings is 3. The maximum atomic E-state index is 15.1. The van der Waals surface area contributed by atoms with Crippen LogP contribution in [0.5, 0.6) is 11.8 Å². The first-order valence-corrected chi connectivity index (χ1v) is 15.9. The smallest absolute Gasteiger partial charge is 0.319 e. The molecular formula is C36H34F2N6O2. The second kappa shape index (κ2) is 11.0. The van der Waals surface area contributed by atoms with Crippen molar-refractivity contribution in [2.45, 2.75) is 43.8 Å². The summed E-state index contributed by atoms with van der Waals surface area (Å²) < 4.78 is 37.7. The van der Waals surface area contributed by atoms with E-state index in [1.165, 1.54) is 6.07 Å². The Morgan fingerprint density at radius 2 is 1.91 bits per heavy atom. The van der Waals surface area contributed by atoms with Crippen LogP contribution in [0.4, 0.5) is 14.6 Å². The number of halogens is 2. The van der Waals surface area contributed by atoms with Gasteiger partial charge in [0.1, 0.15) is 35.7 Å². The van der Waals surface area contributed by atoms with Crippen molar-refractivity contribution >= 4 is 38.4 Å². The number of aromatic hydroxyl groups is 1. The molecule has 8 rings (SSSR count). The molecule has 0 bridgehead atoms. The van der Waals surface area contributed by atoms with Crippen LogP contribution in [-0.4, -0.2) is 74.3 Å². The molecule has 5 heterocycles. The number of ether oxygens (including phenoxy) is 1. The molecule has 2 saturated heterocycles. The molecule has 234 valence electrons. The molecular weight excluding hydrogens is 586 g/mol. The highest BCUT2D eigenvalue weighted by Crippen LogP contribution is 2.44. The molecule has 1 N–H and O–H groups in total. The van der Waals surface area contributed by atoms with Crippen molar-refractivity contribution in [1.29, 1.82) is 0 Å². The second-order valence-corrected chi connectivity index (χ2v) is 12.8. The van der Waals surface area contributed by atoms with Crippen LogP contribution < -0.4 is 9.64 Å². The first-order chi connectivity index (χ1) is 22.3. The number of nitrogens with zero attached hydrogens (tertiary/aromatic N) is 6. The van der Waals surface area contributed by atoms with Gasteiger partial charge in [-0.05, 0) is 67.4 Å². The van der Waals surface area contributed by atoms with Crippen molar-refractivity contribution in [2.24, 2.45) is 7.05 Å². The molecule has 0 saturated carbocycles. The first kappa shape index (κ1) is 28.7. The molecule has 8 nitrogen and oxygen atoms in total. The van der Waals surface area contributed by atoms with Gasteiger partial charge in [0, 0.05) is 55.6 Å². The van der Waals surface area contributed by atoms with Crippen LogP contribution in [0.3, 0.4) is 0 Å². The van der Waals surface area contributed by atoms with E-state index in [0.29, 0.717) is 52.5 Å². The lowest BCUT2D eigenvalue weighted by molar-refractivity contribution is 0.107. The number of aryl methyl sites for hydroxylation is 1. The molecule has 2 fully saturated rings. The van der Waals surface area contributed by atoms with Gasteiger partial charge < -0.3 is 14.7 Å². The predicted octanol–water partition coefficient (Wildman–Crippen LogP) is 6.27. The summed E-state index contributed by atoms with van der Waals surface area (Å²) in [6.07, 6.45) is 15.4. The number of phenolic OH excluding ortho intramolecular Hbond substituents is 1. The van der Waals surface area contributed by atoms with Crippen LogP contribution in [0, 0.1) is 18.2 Å². The molecule has 0 spiro atoms. The van der Waals surface area contributed by atoms with Gasteiger partial charge >= 0.3 is 6.01 Å². The maximum absolute atomic E-state index is 15.1. The van der Waals surface area contributed by atoms with Crippen molar-refractivity contribution in [3.05, 3.63) is 60.1 Å². The number of rotatable bonds is 5. The minimum atomic E-state index is -0.863. The van der Waals surface area contributed by atoms with Crippen LogP contribution in [0.25, 0.3) is 43.7 Å². The Morgan fingerprint density at radius 3 is 2.72 bits per heavy atom. The molecule has 2 atom stereocenters. The number of anilines is 1. The quantitative estimate of drug-likeness (QED) is 0.183. The summed E-state index contributed by atoms with van der Waals surface area (Å²) in [5, 5.41) is 18.4. The fourth-order valence-electron chi connectivity index (χ4n) is 7.83. The van der Waals surface area contributed by atoms with Gasteiger partial charge in [-0.15, -0.1) is 6.42 Å². The highest BCUT2D eigenvalue weighted by atomic mass is 19.1. The van der Waals surface area contributed by atoms with Gasteiger partial charge in [-0.1, -0.05) is 24.1 Å². The molecule has 3 aliphatic heterocycles. The Balaban J connectivity index is 1.36. The van der Waals surface area contributed by atoms with Crippen molar-refractivity contribution in [2.75, 3.05) is 37.7 Å². The molecule has 0 amide bonds. The van der Waals surface area contributed by atoms with Gasteiger partial charge in [0.25, 0.3) is 0 Å². The highest BCUT2D eigenvalue weighted by Gasteiger charge is 2.49. The molecule has 5 aromatic rings. The summed E-state index contributed by atoms with van der Waals surface area (Å²) >= 11 is 0. The second-order valence-electron chi connectivity index (χ2n) is 12.8. The fraction of sp³-hybridized carbons (Fsp3) is 0.361. The average molecular weight is 621 g/mol. The van der Waals surface area contributed by atoms with Gasteiger partial charge in [-0.2, -0.15) is 15.1 Å². The molecule has 0 aliphatic carbocycles.